The number of nitrogens with two attached hydrogens (primary N) is 1. The lowest BCUT2D eigenvalue weighted by Gasteiger charge is -2.41. The third-order valence-electron chi connectivity index (χ3n) is 5.03. The van der Waals surface area contributed by atoms with Crippen LogP contribution < -0.4 is 5.73 Å². The minimum atomic E-state index is -0.817. The molecule has 1 aromatic carbocycles. The molecule has 2 aliphatic rings. The lowest BCUT2D eigenvalue weighted by atomic mass is 9.89. The number of nitrogens with zero attached hydrogens (tertiary/aromatic N) is 2. The van der Waals surface area contributed by atoms with Gasteiger partial charge < -0.3 is 20.3 Å². The first-order chi connectivity index (χ1) is 12.0. The summed E-state index contributed by atoms with van der Waals surface area (Å²) in [5, 5.41) is 0.606. The first-order valence-corrected chi connectivity index (χ1v) is 9.04. The summed E-state index contributed by atoms with van der Waals surface area (Å²) in [6, 6.07) is 7.37. The molecule has 2 aliphatic heterocycles. The summed E-state index contributed by atoms with van der Waals surface area (Å²) in [6.45, 7) is 3.15. The van der Waals surface area contributed by atoms with E-state index in [-0.39, 0.29) is 18.2 Å². The SMILES string of the molecule is NC1(C(=O)N2CCN(C(=O)Cc3ccccc3Cl)CC2)CCOCC1. The fourth-order valence-corrected chi connectivity index (χ4v) is 3.54. The van der Waals surface area contributed by atoms with Crippen molar-refractivity contribution in [2.75, 3.05) is 39.4 Å². The molecule has 2 fully saturated rings. The Morgan fingerprint density at radius 2 is 1.68 bits per heavy atom. The van der Waals surface area contributed by atoms with E-state index in [0.717, 1.165) is 5.56 Å². The van der Waals surface area contributed by atoms with Crippen molar-refractivity contribution in [3.63, 3.8) is 0 Å². The molecular weight excluding hydrogens is 342 g/mol. The Bertz CT molecular complexity index is 638. The van der Waals surface area contributed by atoms with E-state index in [1.165, 1.54) is 0 Å². The highest BCUT2D eigenvalue weighted by Crippen LogP contribution is 2.22. The van der Waals surface area contributed by atoms with Crippen LogP contribution in [-0.4, -0.2) is 66.5 Å². The topological polar surface area (TPSA) is 75.9 Å². The maximum atomic E-state index is 12.7. The third-order valence-corrected chi connectivity index (χ3v) is 5.40. The Hall–Kier alpha value is -1.63. The summed E-state index contributed by atoms with van der Waals surface area (Å²) >= 11 is 6.13. The normalized spacial score (nSPS) is 20.4. The standard InChI is InChI=1S/C18H24ClN3O3/c19-15-4-2-1-3-14(15)13-16(23)21-7-9-22(10-8-21)17(24)18(20)5-11-25-12-6-18/h1-4H,5-13,20H2. The molecule has 0 atom stereocenters. The molecule has 0 spiro atoms. The fourth-order valence-electron chi connectivity index (χ4n) is 3.34. The van der Waals surface area contributed by atoms with Crippen molar-refractivity contribution in [3.8, 4) is 0 Å². The minimum absolute atomic E-state index is 0.0194. The second-order valence-corrected chi connectivity index (χ2v) is 7.12. The number of benzene rings is 1. The maximum Gasteiger partial charge on any atom is 0.242 e. The fraction of sp³-hybridized carbons (Fsp3) is 0.556. The number of carbonyl (C=O) groups excluding carboxylic acids is 2. The van der Waals surface area contributed by atoms with Crippen LogP contribution in [0.4, 0.5) is 0 Å². The van der Waals surface area contributed by atoms with E-state index in [1.54, 1.807) is 15.9 Å². The molecule has 7 heteroatoms. The molecule has 0 aliphatic carbocycles. The summed E-state index contributed by atoms with van der Waals surface area (Å²) in [7, 11) is 0. The number of rotatable bonds is 3. The van der Waals surface area contributed by atoms with Gasteiger partial charge in [-0.25, -0.2) is 0 Å². The van der Waals surface area contributed by atoms with Crippen LogP contribution >= 0.6 is 11.6 Å². The molecule has 2 saturated heterocycles. The molecule has 6 nitrogen and oxygen atoms in total. The summed E-state index contributed by atoms with van der Waals surface area (Å²) in [4.78, 5) is 28.8. The molecule has 2 N–H and O–H groups in total. The second kappa shape index (κ2) is 7.72. The van der Waals surface area contributed by atoms with Crippen LogP contribution in [-0.2, 0) is 20.7 Å². The molecule has 0 radical (unpaired) electrons. The molecule has 2 heterocycles. The van der Waals surface area contributed by atoms with Crippen molar-refractivity contribution in [3.05, 3.63) is 34.9 Å². The van der Waals surface area contributed by atoms with Gasteiger partial charge in [0.1, 0.15) is 0 Å². The Balaban J connectivity index is 1.54. The van der Waals surface area contributed by atoms with E-state index in [2.05, 4.69) is 0 Å². The van der Waals surface area contributed by atoms with Crippen LogP contribution in [0.2, 0.25) is 5.02 Å². The predicted octanol–water partition coefficient (Wildman–Crippen LogP) is 1.06. The van der Waals surface area contributed by atoms with Crippen LogP contribution in [0.3, 0.4) is 0 Å². The first-order valence-electron chi connectivity index (χ1n) is 8.67. The highest BCUT2D eigenvalue weighted by Gasteiger charge is 2.40. The van der Waals surface area contributed by atoms with E-state index in [1.807, 2.05) is 18.2 Å². The van der Waals surface area contributed by atoms with Crippen molar-refractivity contribution in [2.45, 2.75) is 24.8 Å². The lowest BCUT2D eigenvalue weighted by molar-refractivity contribution is -0.145. The van der Waals surface area contributed by atoms with Crippen LogP contribution in [0.25, 0.3) is 0 Å². The first kappa shape index (κ1) is 18.2. The number of hydrogen-bond donors (Lipinski definition) is 1. The van der Waals surface area contributed by atoms with Crippen molar-refractivity contribution < 1.29 is 14.3 Å². The molecule has 2 amide bonds. The number of hydrogen-bond acceptors (Lipinski definition) is 4. The Labute approximate surface area is 152 Å². The molecule has 0 saturated carbocycles. The third kappa shape index (κ3) is 4.14. The van der Waals surface area contributed by atoms with Crippen molar-refractivity contribution >= 4 is 23.4 Å². The van der Waals surface area contributed by atoms with Crippen molar-refractivity contribution in [1.29, 1.82) is 0 Å². The lowest BCUT2D eigenvalue weighted by Crippen LogP contribution is -2.61. The van der Waals surface area contributed by atoms with E-state index < -0.39 is 5.54 Å². The maximum absolute atomic E-state index is 12.7. The van der Waals surface area contributed by atoms with Crippen LogP contribution in [0.15, 0.2) is 24.3 Å². The van der Waals surface area contributed by atoms with E-state index >= 15 is 0 Å². The van der Waals surface area contributed by atoms with Gasteiger partial charge in [-0.1, -0.05) is 29.8 Å². The smallest absolute Gasteiger partial charge is 0.242 e. The average Bonchev–Trinajstić information content (AvgIpc) is 2.64. The second-order valence-electron chi connectivity index (χ2n) is 6.71. The number of halogens is 1. The zero-order valence-corrected chi connectivity index (χ0v) is 15.0. The Morgan fingerprint density at radius 1 is 1.08 bits per heavy atom. The highest BCUT2D eigenvalue weighted by molar-refractivity contribution is 6.31. The molecule has 0 bridgehead atoms. The van der Waals surface area contributed by atoms with Gasteiger partial charge in [0.25, 0.3) is 0 Å². The summed E-state index contributed by atoms with van der Waals surface area (Å²) in [6.07, 6.45) is 1.39. The summed E-state index contributed by atoms with van der Waals surface area (Å²) < 4.78 is 5.30. The molecule has 0 aromatic heterocycles. The number of amides is 2. The number of carbonyl (C=O) groups is 2. The van der Waals surface area contributed by atoms with Crippen LogP contribution in [0.1, 0.15) is 18.4 Å². The van der Waals surface area contributed by atoms with E-state index in [9.17, 15) is 9.59 Å². The molecule has 25 heavy (non-hydrogen) atoms. The van der Waals surface area contributed by atoms with Gasteiger partial charge in [0.2, 0.25) is 11.8 Å². The van der Waals surface area contributed by atoms with Gasteiger partial charge in [-0.2, -0.15) is 0 Å². The van der Waals surface area contributed by atoms with E-state index in [0.29, 0.717) is 57.3 Å². The average molecular weight is 366 g/mol. The van der Waals surface area contributed by atoms with Crippen LogP contribution in [0, 0.1) is 0 Å². The largest absolute Gasteiger partial charge is 0.381 e. The molecule has 136 valence electrons. The van der Waals surface area contributed by atoms with Crippen molar-refractivity contribution in [1.82, 2.24) is 9.80 Å². The van der Waals surface area contributed by atoms with Gasteiger partial charge in [0.15, 0.2) is 0 Å². The molecule has 0 unspecified atom stereocenters. The van der Waals surface area contributed by atoms with Gasteiger partial charge in [0.05, 0.1) is 12.0 Å². The van der Waals surface area contributed by atoms with Gasteiger partial charge in [-0.15, -0.1) is 0 Å². The number of ether oxygens (including phenoxy) is 1. The zero-order chi connectivity index (χ0) is 17.9. The minimum Gasteiger partial charge on any atom is -0.381 e. The zero-order valence-electron chi connectivity index (χ0n) is 14.2. The van der Waals surface area contributed by atoms with Gasteiger partial charge in [-0.3, -0.25) is 9.59 Å². The quantitative estimate of drug-likeness (QED) is 0.869. The molecule has 3 rings (SSSR count). The predicted molar refractivity (Wildman–Crippen MR) is 95.3 cm³/mol. The van der Waals surface area contributed by atoms with E-state index in [4.69, 9.17) is 22.1 Å². The van der Waals surface area contributed by atoms with Gasteiger partial charge in [0, 0.05) is 44.4 Å². The Kier molecular flexibility index (Phi) is 5.61. The van der Waals surface area contributed by atoms with Crippen molar-refractivity contribution in [2.24, 2.45) is 5.73 Å². The Morgan fingerprint density at radius 3 is 2.32 bits per heavy atom. The highest BCUT2D eigenvalue weighted by atomic mass is 35.5. The summed E-state index contributed by atoms with van der Waals surface area (Å²) in [5.74, 6) is 0.0164. The van der Waals surface area contributed by atoms with Gasteiger partial charge in [-0.05, 0) is 24.5 Å². The van der Waals surface area contributed by atoms with Crippen LogP contribution in [0.5, 0.6) is 0 Å². The molecule has 1 aromatic rings. The van der Waals surface area contributed by atoms with Gasteiger partial charge >= 0.3 is 0 Å². The monoisotopic (exact) mass is 365 g/mol. The molecular formula is C18H24ClN3O3. The number of piperazine rings is 1. The summed E-state index contributed by atoms with van der Waals surface area (Å²) in [5.41, 5.74) is 6.29.